The molecule has 0 aliphatic carbocycles. The van der Waals surface area contributed by atoms with Gasteiger partial charge in [0.15, 0.2) is 0 Å². The maximum Gasteiger partial charge on any atom is 0.137 e. The second kappa shape index (κ2) is 9.31. The van der Waals surface area contributed by atoms with Crippen LogP contribution in [0, 0.1) is 0 Å². The molecule has 0 bridgehead atoms. The Hall–Kier alpha value is -1.87. The molecule has 0 aliphatic heterocycles. The molecular formula is C19H24ClNO2. The van der Waals surface area contributed by atoms with Crippen LogP contribution in [0.3, 0.4) is 0 Å². The average Bonchev–Trinajstić information content (AvgIpc) is 2.58. The van der Waals surface area contributed by atoms with E-state index >= 15 is 0 Å². The highest BCUT2D eigenvalue weighted by molar-refractivity contribution is 6.32. The van der Waals surface area contributed by atoms with Gasteiger partial charge in [-0.2, -0.15) is 0 Å². The predicted octanol–water partition coefficient (Wildman–Crippen LogP) is 5.53. The van der Waals surface area contributed by atoms with Crippen molar-refractivity contribution in [3.8, 4) is 11.5 Å². The van der Waals surface area contributed by atoms with Crippen LogP contribution in [0.4, 0.5) is 5.69 Å². The normalized spacial score (nSPS) is 10.4. The molecule has 2 aromatic rings. The number of hydrogen-bond donors (Lipinski definition) is 1. The molecule has 124 valence electrons. The Morgan fingerprint density at radius 1 is 1.04 bits per heavy atom. The molecule has 0 radical (unpaired) electrons. The predicted molar refractivity (Wildman–Crippen MR) is 96.8 cm³/mol. The van der Waals surface area contributed by atoms with E-state index in [1.807, 2.05) is 36.4 Å². The molecule has 1 N–H and O–H groups in total. The first kappa shape index (κ1) is 17.5. The van der Waals surface area contributed by atoms with Crippen LogP contribution in [0.25, 0.3) is 0 Å². The summed E-state index contributed by atoms with van der Waals surface area (Å²) in [7, 11) is 1.61. The van der Waals surface area contributed by atoms with Crippen molar-refractivity contribution < 1.29 is 9.47 Å². The van der Waals surface area contributed by atoms with E-state index in [0.29, 0.717) is 17.3 Å². The summed E-state index contributed by atoms with van der Waals surface area (Å²) in [6, 6.07) is 13.8. The largest absolute Gasteiger partial charge is 0.495 e. The van der Waals surface area contributed by atoms with Crippen LogP contribution in [-0.2, 0) is 6.54 Å². The van der Waals surface area contributed by atoms with Gasteiger partial charge in [-0.3, -0.25) is 0 Å². The third kappa shape index (κ3) is 5.36. The Kier molecular flexibility index (Phi) is 7.08. The minimum Gasteiger partial charge on any atom is -0.495 e. The molecule has 2 rings (SSSR count). The molecule has 0 atom stereocenters. The lowest BCUT2D eigenvalue weighted by molar-refractivity contribution is 0.303. The van der Waals surface area contributed by atoms with E-state index in [0.717, 1.165) is 30.0 Å². The molecular weight excluding hydrogens is 310 g/mol. The van der Waals surface area contributed by atoms with E-state index in [-0.39, 0.29) is 0 Å². The minimum atomic E-state index is 0.599. The summed E-state index contributed by atoms with van der Waals surface area (Å²) in [6.07, 6.45) is 3.49. The highest BCUT2D eigenvalue weighted by Gasteiger charge is 2.05. The number of hydrogen-bond acceptors (Lipinski definition) is 3. The summed E-state index contributed by atoms with van der Waals surface area (Å²) in [5.74, 6) is 1.62. The topological polar surface area (TPSA) is 30.5 Å². The van der Waals surface area contributed by atoms with Gasteiger partial charge in [-0.25, -0.2) is 0 Å². The monoisotopic (exact) mass is 333 g/mol. The quantitative estimate of drug-likeness (QED) is 0.612. The Balaban J connectivity index is 1.96. The van der Waals surface area contributed by atoms with Crippen LogP contribution in [-0.4, -0.2) is 13.7 Å². The zero-order valence-electron chi connectivity index (χ0n) is 13.8. The Morgan fingerprint density at radius 2 is 1.87 bits per heavy atom. The zero-order valence-corrected chi connectivity index (χ0v) is 14.5. The Morgan fingerprint density at radius 3 is 2.61 bits per heavy atom. The van der Waals surface area contributed by atoms with Crippen LogP contribution < -0.4 is 14.8 Å². The van der Waals surface area contributed by atoms with E-state index in [1.54, 1.807) is 7.11 Å². The maximum absolute atomic E-state index is 6.15. The third-order valence-corrected chi connectivity index (χ3v) is 3.91. The van der Waals surface area contributed by atoms with Crippen LogP contribution in [0.15, 0.2) is 42.5 Å². The number of halogens is 1. The zero-order chi connectivity index (χ0) is 16.5. The van der Waals surface area contributed by atoms with Gasteiger partial charge in [-0.05, 0) is 30.7 Å². The van der Waals surface area contributed by atoms with Gasteiger partial charge in [-0.1, -0.05) is 49.6 Å². The maximum atomic E-state index is 6.15. The number of benzene rings is 2. The number of anilines is 1. The van der Waals surface area contributed by atoms with Crippen molar-refractivity contribution >= 4 is 17.3 Å². The van der Waals surface area contributed by atoms with Crippen molar-refractivity contribution in [1.82, 2.24) is 0 Å². The lowest BCUT2D eigenvalue weighted by Crippen LogP contribution is -2.04. The van der Waals surface area contributed by atoms with Crippen molar-refractivity contribution in [2.24, 2.45) is 0 Å². The molecule has 0 aliphatic rings. The number of para-hydroxylation sites is 1. The number of nitrogens with one attached hydrogen (secondary N) is 1. The van der Waals surface area contributed by atoms with Crippen molar-refractivity contribution in [1.29, 1.82) is 0 Å². The van der Waals surface area contributed by atoms with Crippen molar-refractivity contribution in [2.45, 2.75) is 32.7 Å². The molecule has 2 aromatic carbocycles. The molecule has 0 fully saturated rings. The third-order valence-electron chi connectivity index (χ3n) is 3.61. The standard InChI is InChI=1S/C19H24ClNO2/c1-3-4-7-12-23-18-9-6-5-8-15(18)14-21-16-10-11-19(22-2)17(20)13-16/h5-6,8-11,13,21H,3-4,7,12,14H2,1-2H3. The fraction of sp³-hybridized carbons (Fsp3) is 0.368. The molecule has 3 nitrogen and oxygen atoms in total. The fourth-order valence-electron chi connectivity index (χ4n) is 2.30. The summed E-state index contributed by atoms with van der Waals surface area (Å²) >= 11 is 6.15. The molecule has 0 saturated carbocycles. The highest BCUT2D eigenvalue weighted by atomic mass is 35.5. The number of ether oxygens (including phenoxy) is 2. The number of methoxy groups -OCH3 is 1. The first-order valence-corrected chi connectivity index (χ1v) is 8.40. The smallest absolute Gasteiger partial charge is 0.137 e. The van der Waals surface area contributed by atoms with Gasteiger partial charge in [-0.15, -0.1) is 0 Å². The van der Waals surface area contributed by atoms with Gasteiger partial charge < -0.3 is 14.8 Å². The van der Waals surface area contributed by atoms with Crippen LogP contribution in [0.5, 0.6) is 11.5 Å². The van der Waals surface area contributed by atoms with Gasteiger partial charge in [0.2, 0.25) is 0 Å². The molecule has 0 aromatic heterocycles. The summed E-state index contributed by atoms with van der Waals surface area (Å²) in [5, 5.41) is 3.97. The number of rotatable bonds is 9. The lowest BCUT2D eigenvalue weighted by Gasteiger charge is -2.13. The van der Waals surface area contributed by atoms with Gasteiger partial charge in [0.1, 0.15) is 11.5 Å². The van der Waals surface area contributed by atoms with Crippen LogP contribution >= 0.6 is 11.6 Å². The SMILES string of the molecule is CCCCCOc1ccccc1CNc1ccc(OC)c(Cl)c1. The molecule has 0 spiro atoms. The highest BCUT2D eigenvalue weighted by Crippen LogP contribution is 2.28. The molecule has 4 heteroatoms. The van der Waals surface area contributed by atoms with Crippen molar-refractivity contribution in [2.75, 3.05) is 19.0 Å². The first-order chi connectivity index (χ1) is 11.2. The van der Waals surface area contributed by atoms with E-state index in [1.165, 1.54) is 12.8 Å². The summed E-state index contributed by atoms with van der Waals surface area (Å²) in [5.41, 5.74) is 2.09. The van der Waals surface area contributed by atoms with Gasteiger partial charge in [0.05, 0.1) is 18.7 Å². The molecule has 0 saturated heterocycles. The van der Waals surface area contributed by atoms with Crippen molar-refractivity contribution in [3.05, 3.63) is 53.1 Å². The lowest BCUT2D eigenvalue weighted by atomic mass is 10.2. The van der Waals surface area contributed by atoms with Gasteiger partial charge in [0, 0.05) is 17.8 Å². The van der Waals surface area contributed by atoms with Crippen molar-refractivity contribution in [3.63, 3.8) is 0 Å². The Bertz CT molecular complexity index is 616. The van der Waals surface area contributed by atoms with Crippen LogP contribution in [0.1, 0.15) is 31.7 Å². The summed E-state index contributed by atoms with van der Waals surface area (Å²) in [6.45, 7) is 3.64. The second-order valence-electron chi connectivity index (χ2n) is 5.37. The average molecular weight is 334 g/mol. The first-order valence-electron chi connectivity index (χ1n) is 8.02. The van der Waals surface area contributed by atoms with E-state index in [2.05, 4.69) is 18.3 Å². The van der Waals surface area contributed by atoms with Crippen LogP contribution in [0.2, 0.25) is 5.02 Å². The fourth-order valence-corrected chi connectivity index (χ4v) is 2.56. The van der Waals surface area contributed by atoms with Gasteiger partial charge >= 0.3 is 0 Å². The van der Waals surface area contributed by atoms with Gasteiger partial charge in [0.25, 0.3) is 0 Å². The van der Waals surface area contributed by atoms with E-state index < -0.39 is 0 Å². The van der Waals surface area contributed by atoms with E-state index in [9.17, 15) is 0 Å². The molecule has 0 heterocycles. The summed E-state index contributed by atoms with van der Waals surface area (Å²) < 4.78 is 11.1. The minimum absolute atomic E-state index is 0.599. The molecule has 0 amide bonds. The molecule has 0 unspecified atom stereocenters. The van der Waals surface area contributed by atoms with E-state index in [4.69, 9.17) is 21.1 Å². The Labute approximate surface area is 143 Å². The second-order valence-corrected chi connectivity index (χ2v) is 5.77. The number of unbranched alkanes of at least 4 members (excludes halogenated alkanes) is 2. The summed E-state index contributed by atoms with van der Waals surface area (Å²) in [4.78, 5) is 0. The molecule has 23 heavy (non-hydrogen) atoms.